The number of ether oxygens (including phenoxy) is 2. The lowest BCUT2D eigenvalue weighted by molar-refractivity contribution is -0.150. The van der Waals surface area contributed by atoms with Crippen molar-refractivity contribution in [3.8, 4) is 0 Å². The molecule has 1 unspecified atom stereocenters. The molecule has 0 aromatic rings. The normalized spacial score (nSPS) is 36.9. The standard InChI is InChI=1S/C24H34N4O6/c1-16(15-29)28-20-23(32)27(10-9-26-11-13-33-14-12-26)8-4-6-24(20)19(22(28)31)18-17(34-24)5-3-7-25(2)21(18)30/h3-6,16-20,29H,7-15H2,1-2H3/t16-,17+,18-,19+,20?,24+/m1/s1. The monoisotopic (exact) mass is 474 g/mol. The smallest absolute Gasteiger partial charge is 0.249 e. The molecule has 10 nitrogen and oxygen atoms in total. The van der Waals surface area contributed by atoms with Crippen molar-refractivity contribution >= 4 is 17.7 Å². The van der Waals surface area contributed by atoms with E-state index in [4.69, 9.17) is 9.47 Å². The van der Waals surface area contributed by atoms with E-state index in [0.717, 1.165) is 13.1 Å². The Morgan fingerprint density at radius 1 is 1.09 bits per heavy atom. The van der Waals surface area contributed by atoms with Gasteiger partial charge in [0.15, 0.2) is 0 Å². The lowest BCUT2D eigenvalue weighted by Crippen LogP contribution is -2.58. The number of aliphatic hydroxyl groups is 1. The first-order valence-electron chi connectivity index (χ1n) is 12.2. The van der Waals surface area contributed by atoms with Gasteiger partial charge in [-0.15, -0.1) is 0 Å². The minimum absolute atomic E-state index is 0.156. The predicted octanol–water partition coefficient (Wildman–Crippen LogP) is -1.29. The lowest BCUT2D eigenvalue weighted by Gasteiger charge is -2.38. The molecule has 0 saturated carbocycles. The average Bonchev–Trinajstić information content (AvgIpc) is 3.18. The van der Waals surface area contributed by atoms with Crippen LogP contribution in [-0.2, 0) is 23.9 Å². The SMILES string of the molecule is C[C@H](CO)N1C(=O)[C@@H]2[C@@H]3C(=O)N(C)CC=C[C@@H]3O[C@@]23C=CCN(CCN2CCOCC2)C(=O)C13. The highest BCUT2D eigenvalue weighted by Gasteiger charge is 2.72. The molecule has 5 rings (SSSR count). The van der Waals surface area contributed by atoms with Crippen LogP contribution in [0.4, 0.5) is 0 Å². The van der Waals surface area contributed by atoms with Gasteiger partial charge in [0.2, 0.25) is 17.7 Å². The Kier molecular flexibility index (Phi) is 6.26. The van der Waals surface area contributed by atoms with Gasteiger partial charge in [0.1, 0.15) is 11.6 Å². The van der Waals surface area contributed by atoms with Crippen LogP contribution in [0.25, 0.3) is 0 Å². The van der Waals surface area contributed by atoms with Gasteiger partial charge in [0.25, 0.3) is 0 Å². The largest absolute Gasteiger partial charge is 0.394 e. The van der Waals surface area contributed by atoms with Crippen molar-refractivity contribution in [2.45, 2.75) is 30.7 Å². The van der Waals surface area contributed by atoms with Gasteiger partial charge in [-0.1, -0.05) is 24.3 Å². The second kappa shape index (κ2) is 9.07. The second-order valence-corrected chi connectivity index (χ2v) is 9.91. The van der Waals surface area contributed by atoms with E-state index in [9.17, 15) is 19.5 Å². The van der Waals surface area contributed by atoms with Gasteiger partial charge in [-0.25, -0.2) is 0 Å². The number of hydrogen-bond acceptors (Lipinski definition) is 7. The quantitative estimate of drug-likeness (QED) is 0.495. The number of hydrogen-bond donors (Lipinski definition) is 1. The summed E-state index contributed by atoms with van der Waals surface area (Å²) in [5.74, 6) is -2.17. The topological polar surface area (TPSA) is 103 Å². The molecule has 10 heteroatoms. The van der Waals surface area contributed by atoms with E-state index < -0.39 is 35.6 Å². The van der Waals surface area contributed by atoms with E-state index in [1.54, 1.807) is 23.8 Å². The summed E-state index contributed by atoms with van der Waals surface area (Å²) in [6.07, 6.45) is 6.89. The number of nitrogens with zero attached hydrogens (tertiary/aromatic N) is 4. The van der Waals surface area contributed by atoms with Crippen LogP contribution in [0, 0.1) is 11.8 Å². The molecule has 0 bridgehead atoms. The molecular weight excluding hydrogens is 440 g/mol. The maximum atomic E-state index is 14.0. The fraction of sp³-hybridized carbons (Fsp3) is 0.708. The Hall–Kier alpha value is -2.27. The molecule has 1 spiro atoms. The Balaban J connectivity index is 1.49. The van der Waals surface area contributed by atoms with E-state index in [1.807, 2.05) is 24.3 Å². The third kappa shape index (κ3) is 3.59. The number of rotatable bonds is 5. The van der Waals surface area contributed by atoms with Crippen LogP contribution in [0.3, 0.4) is 0 Å². The molecule has 0 aromatic carbocycles. The maximum absolute atomic E-state index is 14.0. The third-order valence-corrected chi connectivity index (χ3v) is 7.91. The first kappa shape index (κ1) is 23.5. The van der Waals surface area contributed by atoms with Crippen LogP contribution in [0.5, 0.6) is 0 Å². The number of carbonyl (C=O) groups excluding carboxylic acids is 3. The molecule has 5 aliphatic heterocycles. The van der Waals surface area contributed by atoms with Crippen molar-refractivity contribution in [1.82, 2.24) is 19.6 Å². The molecule has 3 fully saturated rings. The Morgan fingerprint density at radius 2 is 1.85 bits per heavy atom. The van der Waals surface area contributed by atoms with Crippen LogP contribution in [0.2, 0.25) is 0 Å². The van der Waals surface area contributed by atoms with E-state index in [2.05, 4.69) is 4.90 Å². The molecule has 0 aliphatic carbocycles. The van der Waals surface area contributed by atoms with Crippen LogP contribution in [-0.4, -0.2) is 132 Å². The predicted molar refractivity (Wildman–Crippen MR) is 122 cm³/mol. The summed E-state index contributed by atoms with van der Waals surface area (Å²) in [7, 11) is 1.71. The number of morpholine rings is 1. The molecule has 5 heterocycles. The number of aliphatic hydroxyl groups excluding tert-OH is 1. The van der Waals surface area contributed by atoms with Gasteiger partial charge in [-0.3, -0.25) is 19.3 Å². The van der Waals surface area contributed by atoms with Crippen molar-refractivity contribution in [3.05, 3.63) is 24.3 Å². The fourth-order valence-electron chi connectivity index (χ4n) is 6.10. The molecular formula is C24H34N4O6. The third-order valence-electron chi connectivity index (χ3n) is 7.91. The van der Waals surface area contributed by atoms with Crippen LogP contribution in [0.15, 0.2) is 24.3 Å². The highest BCUT2D eigenvalue weighted by Crippen LogP contribution is 2.53. The van der Waals surface area contributed by atoms with E-state index in [0.29, 0.717) is 39.4 Å². The summed E-state index contributed by atoms with van der Waals surface area (Å²) in [5, 5.41) is 9.95. The molecule has 6 atom stereocenters. The Morgan fingerprint density at radius 3 is 2.59 bits per heavy atom. The van der Waals surface area contributed by atoms with Crippen molar-refractivity contribution in [1.29, 1.82) is 0 Å². The number of likely N-dealkylation sites (tertiary alicyclic amines) is 1. The zero-order valence-electron chi connectivity index (χ0n) is 19.8. The number of carbonyl (C=O) groups is 3. The summed E-state index contributed by atoms with van der Waals surface area (Å²) in [6.45, 7) is 6.57. The van der Waals surface area contributed by atoms with Crippen LogP contribution >= 0.6 is 0 Å². The minimum Gasteiger partial charge on any atom is -0.394 e. The van der Waals surface area contributed by atoms with E-state index in [-0.39, 0.29) is 24.3 Å². The van der Waals surface area contributed by atoms with Gasteiger partial charge in [0, 0.05) is 46.3 Å². The summed E-state index contributed by atoms with van der Waals surface area (Å²) in [4.78, 5) is 48.3. The van der Waals surface area contributed by atoms with Crippen LogP contribution < -0.4 is 0 Å². The summed E-state index contributed by atoms with van der Waals surface area (Å²) < 4.78 is 11.9. The zero-order valence-corrected chi connectivity index (χ0v) is 19.8. The number of fused-ring (bicyclic) bond motifs is 2. The molecule has 0 aromatic heterocycles. The highest BCUT2D eigenvalue weighted by atomic mass is 16.5. The van der Waals surface area contributed by atoms with Gasteiger partial charge in [0.05, 0.1) is 43.8 Å². The summed E-state index contributed by atoms with van der Waals surface area (Å²) in [5.41, 5.74) is -1.24. The average molecular weight is 475 g/mol. The molecule has 34 heavy (non-hydrogen) atoms. The Labute approximate surface area is 199 Å². The molecule has 3 saturated heterocycles. The van der Waals surface area contributed by atoms with E-state index in [1.165, 1.54) is 4.90 Å². The van der Waals surface area contributed by atoms with Gasteiger partial charge in [-0.05, 0) is 6.92 Å². The fourth-order valence-corrected chi connectivity index (χ4v) is 6.10. The molecule has 3 amide bonds. The summed E-state index contributed by atoms with van der Waals surface area (Å²) >= 11 is 0. The van der Waals surface area contributed by atoms with Gasteiger partial charge in [-0.2, -0.15) is 0 Å². The highest BCUT2D eigenvalue weighted by molar-refractivity contribution is 6.00. The first-order valence-corrected chi connectivity index (χ1v) is 12.2. The van der Waals surface area contributed by atoms with Gasteiger partial charge >= 0.3 is 0 Å². The number of amides is 3. The summed E-state index contributed by atoms with van der Waals surface area (Å²) in [6, 6.07) is -1.50. The molecule has 186 valence electrons. The van der Waals surface area contributed by atoms with Gasteiger partial charge < -0.3 is 29.3 Å². The van der Waals surface area contributed by atoms with Crippen molar-refractivity contribution in [3.63, 3.8) is 0 Å². The molecule has 1 N–H and O–H groups in total. The van der Waals surface area contributed by atoms with Crippen LogP contribution in [0.1, 0.15) is 6.92 Å². The Bertz CT molecular complexity index is 902. The van der Waals surface area contributed by atoms with Crippen molar-refractivity contribution in [2.24, 2.45) is 11.8 Å². The zero-order chi connectivity index (χ0) is 24.0. The molecule has 5 aliphatic rings. The van der Waals surface area contributed by atoms with Crippen molar-refractivity contribution < 1.29 is 29.0 Å². The number of likely N-dealkylation sites (N-methyl/N-ethyl adjacent to an activating group) is 1. The van der Waals surface area contributed by atoms with E-state index >= 15 is 0 Å². The second-order valence-electron chi connectivity index (χ2n) is 9.91. The molecule has 0 radical (unpaired) electrons. The maximum Gasteiger partial charge on any atom is 0.249 e. The first-order chi connectivity index (χ1) is 16.4. The van der Waals surface area contributed by atoms with Crippen molar-refractivity contribution in [2.75, 3.05) is 66.1 Å². The lowest BCUT2D eigenvalue weighted by atomic mass is 9.77. The minimum atomic E-state index is -1.24.